The van der Waals surface area contributed by atoms with Crippen LogP contribution in [-0.2, 0) is 15.1 Å². The van der Waals surface area contributed by atoms with Gasteiger partial charge in [-0.05, 0) is 46.8 Å². The molecule has 0 atom stereocenters. The third-order valence-electron chi connectivity index (χ3n) is 4.76. The van der Waals surface area contributed by atoms with E-state index in [0.717, 1.165) is 22.8 Å². The summed E-state index contributed by atoms with van der Waals surface area (Å²) in [6.07, 6.45) is 7.56. The molecule has 0 spiro atoms. The Morgan fingerprint density at radius 3 is 1.15 bits per heavy atom. The summed E-state index contributed by atoms with van der Waals surface area (Å²) in [6, 6.07) is 20.2. The van der Waals surface area contributed by atoms with Crippen molar-refractivity contribution < 1.29 is 15.1 Å². The Kier molecular flexibility index (Phi) is 12.7. The molecule has 174 valence electrons. The van der Waals surface area contributed by atoms with Crippen molar-refractivity contribution in [2.24, 2.45) is 0 Å². The molecule has 4 nitrogen and oxygen atoms in total. The number of nitrogens with zero attached hydrogens (tertiary/aromatic N) is 4. The van der Waals surface area contributed by atoms with Gasteiger partial charge in [0, 0.05) is 24.8 Å². The summed E-state index contributed by atoms with van der Waals surface area (Å²) in [7, 11) is 8.26. The fraction of sp³-hybridized carbons (Fsp3) is 0.167. The summed E-state index contributed by atoms with van der Waals surface area (Å²) < 4.78 is 0. The molecule has 4 aromatic rings. The van der Waals surface area contributed by atoms with E-state index in [1.54, 1.807) is 12.4 Å². The maximum absolute atomic E-state index is 4.85. The molecule has 0 aliphatic carbocycles. The number of halogens is 2. The van der Waals surface area contributed by atoms with Crippen molar-refractivity contribution in [3.63, 3.8) is 0 Å². The van der Waals surface area contributed by atoms with Crippen LogP contribution < -0.4 is 10.4 Å². The van der Waals surface area contributed by atoms with E-state index in [1.165, 1.54) is 10.4 Å². The van der Waals surface area contributed by atoms with Crippen molar-refractivity contribution in [2.45, 2.75) is 26.2 Å². The Morgan fingerprint density at radius 2 is 0.909 bits per heavy atom. The number of hydrogen-bond donors (Lipinski definition) is 0. The second-order valence-corrected chi connectivity index (χ2v) is 16.3. The fourth-order valence-electron chi connectivity index (χ4n) is 2.83. The van der Waals surface area contributed by atoms with Crippen LogP contribution in [-0.4, -0.2) is 37.5 Å². The average Bonchev–Trinajstić information content (AvgIpc) is 2.86. The van der Waals surface area contributed by atoms with E-state index in [2.05, 4.69) is 70.4 Å². The number of hydrogen-bond acceptors (Lipinski definition) is 4. The van der Waals surface area contributed by atoms with E-state index in [4.69, 9.17) is 19.4 Å². The normalized spacial score (nSPS) is 10.3. The molecule has 0 aliphatic rings. The zero-order chi connectivity index (χ0) is 24.1. The molecule has 0 fully saturated rings. The molecule has 0 saturated heterocycles. The van der Waals surface area contributed by atoms with Gasteiger partial charge in [0.25, 0.3) is 0 Å². The van der Waals surface area contributed by atoms with E-state index in [1.807, 2.05) is 48.8 Å². The monoisotopic (exact) mass is 600 g/mol. The molecule has 9 heteroatoms. The minimum atomic E-state index is -0.726. The van der Waals surface area contributed by atoms with Crippen LogP contribution in [0.5, 0.6) is 0 Å². The van der Waals surface area contributed by atoms with Gasteiger partial charge in [-0.3, -0.25) is 19.9 Å². The van der Waals surface area contributed by atoms with E-state index >= 15 is 0 Å². The molecule has 0 saturated carbocycles. The second-order valence-electron chi connectivity index (χ2n) is 7.74. The second kappa shape index (κ2) is 15.2. The van der Waals surface area contributed by atoms with Gasteiger partial charge >= 0.3 is 34.5 Å². The summed E-state index contributed by atoms with van der Waals surface area (Å²) in [6.45, 7) is 9.21. The quantitative estimate of drug-likeness (QED) is 0.308. The van der Waals surface area contributed by atoms with Crippen molar-refractivity contribution in [3.8, 4) is 22.8 Å². The molecule has 0 N–H and O–H groups in total. The zero-order valence-corrected chi connectivity index (χ0v) is 24.7. The van der Waals surface area contributed by atoms with E-state index in [9.17, 15) is 0 Å². The predicted octanol–water partition coefficient (Wildman–Crippen LogP) is 5.05. The van der Waals surface area contributed by atoms with E-state index < -0.39 is 17.6 Å². The van der Waals surface area contributed by atoms with Gasteiger partial charge in [0.1, 0.15) is 0 Å². The molecule has 0 unspecified atom stereocenters. The predicted molar refractivity (Wildman–Crippen MR) is 144 cm³/mol. The van der Waals surface area contributed by atoms with Crippen LogP contribution in [0.3, 0.4) is 0 Å². The van der Waals surface area contributed by atoms with Crippen LogP contribution in [0.2, 0.25) is 26.2 Å². The first-order valence-corrected chi connectivity index (χ1v) is 20.8. The minimum absolute atomic E-state index is 0.346. The molecule has 0 amide bonds. The Bertz CT molecular complexity index is 966. The fourth-order valence-corrected chi connectivity index (χ4v) is 4.53. The maximum atomic E-state index is 4.85. The molecular weight excluding hydrogens is 572 g/mol. The SMILES string of the molecule is C[SiH](C)c1ccc(-c2ccccn2)nc1.C[SiH](C)c1ccc(-c2ccccn2)nc1.[Cl][Ru][Cl]. The number of pyridine rings is 4. The van der Waals surface area contributed by atoms with Crippen molar-refractivity contribution in [2.75, 3.05) is 0 Å². The van der Waals surface area contributed by atoms with Gasteiger partial charge in [-0.1, -0.05) is 50.5 Å². The molecule has 0 radical (unpaired) electrons. The van der Waals surface area contributed by atoms with Crippen molar-refractivity contribution in [1.82, 2.24) is 19.9 Å². The van der Waals surface area contributed by atoms with Gasteiger partial charge in [-0.25, -0.2) is 0 Å². The Balaban J connectivity index is 0.000000209. The summed E-state index contributed by atoms with van der Waals surface area (Å²) in [5.74, 6) is 0. The van der Waals surface area contributed by atoms with Crippen LogP contribution >= 0.6 is 19.4 Å². The topological polar surface area (TPSA) is 51.6 Å². The summed E-state index contributed by atoms with van der Waals surface area (Å²) in [5, 5.41) is 2.80. The third-order valence-corrected chi connectivity index (χ3v) is 8.11. The summed E-state index contributed by atoms with van der Waals surface area (Å²) in [4.78, 5) is 17.4. The molecule has 4 heterocycles. The first-order chi connectivity index (χ1) is 16.0. The van der Waals surface area contributed by atoms with Crippen LogP contribution in [0.15, 0.2) is 85.5 Å². The van der Waals surface area contributed by atoms with Gasteiger partial charge in [-0.15, -0.1) is 0 Å². The van der Waals surface area contributed by atoms with E-state index in [-0.39, 0.29) is 15.1 Å². The first kappa shape index (κ1) is 27.5. The van der Waals surface area contributed by atoms with Crippen LogP contribution in [0.4, 0.5) is 0 Å². The molecule has 33 heavy (non-hydrogen) atoms. The number of aromatic nitrogens is 4. The molecular formula is C24H28Cl2N4RuSi2. The Morgan fingerprint density at radius 1 is 0.545 bits per heavy atom. The molecule has 0 aromatic carbocycles. The molecule has 0 aliphatic heterocycles. The van der Waals surface area contributed by atoms with Crippen molar-refractivity contribution >= 4 is 47.3 Å². The average molecular weight is 601 g/mol. The zero-order valence-electron chi connectivity index (χ0n) is 19.1. The Hall–Kier alpha value is -1.76. The first-order valence-electron chi connectivity index (χ1n) is 10.6. The Labute approximate surface area is 215 Å². The van der Waals surface area contributed by atoms with Crippen LogP contribution in [0, 0.1) is 0 Å². The van der Waals surface area contributed by atoms with Gasteiger partial charge < -0.3 is 0 Å². The van der Waals surface area contributed by atoms with E-state index in [0.29, 0.717) is 0 Å². The van der Waals surface area contributed by atoms with Crippen molar-refractivity contribution in [3.05, 3.63) is 85.5 Å². The third kappa shape index (κ3) is 9.55. The van der Waals surface area contributed by atoms with Crippen molar-refractivity contribution in [1.29, 1.82) is 0 Å². The summed E-state index contributed by atoms with van der Waals surface area (Å²) >= 11 is -0.346. The molecule has 4 rings (SSSR count). The molecule has 4 aromatic heterocycles. The standard InChI is InChI=1S/2C12H14N2Si.2ClH.Ru/c2*1-15(2)10-6-7-12(14-9-10)11-5-3-4-8-13-11;;;/h2*3-9,15H,1-2H3;2*1H;/q;;;;+2/p-2. The van der Waals surface area contributed by atoms with Gasteiger partial charge in [0.05, 0.1) is 40.4 Å². The van der Waals surface area contributed by atoms with Crippen LogP contribution in [0.25, 0.3) is 22.8 Å². The summed E-state index contributed by atoms with van der Waals surface area (Å²) in [5.41, 5.74) is 3.78. The number of rotatable bonds is 4. The van der Waals surface area contributed by atoms with Gasteiger partial charge in [-0.2, -0.15) is 0 Å². The van der Waals surface area contributed by atoms with Crippen LogP contribution in [0.1, 0.15) is 0 Å². The van der Waals surface area contributed by atoms with Gasteiger partial charge in [0.15, 0.2) is 0 Å². The van der Waals surface area contributed by atoms with Gasteiger partial charge in [0.2, 0.25) is 0 Å². The molecule has 0 bridgehead atoms.